The van der Waals surface area contributed by atoms with Crippen molar-refractivity contribution in [3.63, 3.8) is 0 Å². The molecule has 1 saturated heterocycles. The van der Waals surface area contributed by atoms with E-state index in [4.69, 9.17) is 11.6 Å². The Bertz CT molecular complexity index is 1410. The van der Waals surface area contributed by atoms with Gasteiger partial charge in [-0.05, 0) is 41.7 Å². The highest BCUT2D eigenvalue weighted by Crippen LogP contribution is 2.32. The number of fused-ring (bicyclic) bond motifs is 1. The van der Waals surface area contributed by atoms with Crippen molar-refractivity contribution in [2.45, 2.75) is 58.5 Å². The molecule has 3 heterocycles. The van der Waals surface area contributed by atoms with Crippen LogP contribution in [0, 0.1) is 12.8 Å². The van der Waals surface area contributed by atoms with Crippen molar-refractivity contribution in [3.05, 3.63) is 75.4 Å². The van der Waals surface area contributed by atoms with Crippen LogP contribution < -0.4 is 5.32 Å². The molecule has 0 aliphatic carbocycles. The second kappa shape index (κ2) is 11.1. The monoisotopic (exact) mass is 566 g/mol. The molecule has 2 N–H and O–H groups in total. The number of halogens is 1. The Morgan fingerprint density at radius 1 is 1.21 bits per heavy atom. The number of rotatable bonds is 7. The van der Waals surface area contributed by atoms with E-state index in [-0.39, 0.29) is 36.6 Å². The highest BCUT2D eigenvalue weighted by molar-refractivity contribution is 7.13. The van der Waals surface area contributed by atoms with E-state index in [1.807, 2.05) is 50.5 Å². The maximum Gasteiger partial charge on any atom is 0.255 e. The molecular weight excluding hydrogens is 536 g/mol. The molecule has 2 aliphatic heterocycles. The lowest BCUT2D eigenvalue weighted by Crippen LogP contribution is -2.55. The number of carbonyl (C=O) groups excluding carboxylic acids is 3. The van der Waals surface area contributed by atoms with Crippen molar-refractivity contribution in [1.29, 1.82) is 0 Å². The molecule has 39 heavy (non-hydrogen) atoms. The van der Waals surface area contributed by atoms with Crippen LogP contribution in [-0.4, -0.2) is 62.3 Å². The first kappa shape index (κ1) is 27.3. The van der Waals surface area contributed by atoms with Crippen LogP contribution in [0.1, 0.15) is 47.4 Å². The number of aryl methyl sites for hydroxylation is 1. The molecule has 3 atom stereocenters. The fraction of sp³-hybridized carbons (Fsp3) is 0.379. The summed E-state index contributed by atoms with van der Waals surface area (Å²) in [4.78, 5) is 48.7. The number of amides is 3. The quantitative estimate of drug-likeness (QED) is 0.449. The zero-order chi connectivity index (χ0) is 27.8. The van der Waals surface area contributed by atoms with Gasteiger partial charge < -0.3 is 20.2 Å². The van der Waals surface area contributed by atoms with Gasteiger partial charge in [0.15, 0.2) is 0 Å². The molecule has 10 heteroatoms. The Labute approximate surface area is 236 Å². The second-order valence-corrected chi connectivity index (χ2v) is 11.8. The van der Waals surface area contributed by atoms with Gasteiger partial charge in [-0.2, -0.15) is 0 Å². The molecule has 1 fully saturated rings. The summed E-state index contributed by atoms with van der Waals surface area (Å²) < 4.78 is 0. The molecule has 2 aliphatic rings. The standard InChI is InChI=1S/C29H31ClN4O4S/c1-16(2)25(34-13-20-8-9-21(30)10-23(20)28(34)37)29(38)33-14-22(35)11-24(33)27(36)31-12-18-4-6-19(7-5-18)26-17(3)32-15-39-26/h4-10,15-16,22,24-25,35H,11-14H2,1-3H3,(H,31,36)/t22-,24+,25?/m1/s1. The number of hydrogen-bond acceptors (Lipinski definition) is 6. The molecule has 2 aromatic carbocycles. The number of likely N-dealkylation sites (tertiary alicyclic amines) is 1. The minimum absolute atomic E-state index is 0.0455. The second-order valence-electron chi connectivity index (χ2n) is 10.5. The van der Waals surface area contributed by atoms with Crippen molar-refractivity contribution >= 4 is 40.7 Å². The molecule has 1 unspecified atom stereocenters. The molecule has 1 aromatic heterocycles. The normalized spacial score (nSPS) is 19.5. The highest BCUT2D eigenvalue weighted by Gasteiger charge is 2.45. The molecule has 5 rings (SSSR count). The summed E-state index contributed by atoms with van der Waals surface area (Å²) in [5.41, 5.74) is 6.10. The number of carbonyl (C=O) groups is 3. The van der Waals surface area contributed by atoms with Crippen LogP contribution in [0.15, 0.2) is 48.0 Å². The molecule has 0 spiro atoms. The third-order valence-corrected chi connectivity index (χ3v) is 8.63. The smallest absolute Gasteiger partial charge is 0.255 e. The van der Waals surface area contributed by atoms with E-state index in [9.17, 15) is 19.5 Å². The third kappa shape index (κ3) is 5.44. The minimum Gasteiger partial charge on any atom is -0.391 e. The lowest BCUT2D eigenvalue weighted by atomic mass is 10.0. The molecule has 8 nitrogen and oxygen atoms in total. The lowest BCUT2D eigenvalue weighted by molar-refractivity contribution is -0.143. The fourth-order valence-corrected chi connectivity index (χ4v) is 6.42. The fourth-order valence-electron chi connectivity index (χ4n) is 5.43. The van der Waals surface area contributed by atoms with E-state index in [0.717, 1.165) is 27.3 Å². The minimum atomic E-state index is -0.817. The van der Waals surface area contributed by atoms with Crippen LogP contribution in [-0.2, 0) is 22.7 Å². The van der Waals surface area contributed by atoms with Gasteiger partial charge in [0.05, 0.1) is 22.2 Å². The van der Waals surface area contributed by atoms with Gasteiger partial charge in [-0.15, -0.1) is 11.3 Å². The molecule has 3 aromatic rings. The van der Waals surface area contributed by atoms with Crippen LogP contribution in [0.5, 0.6) is 0 Å². The molecule has 0 saturated carbocycles. The topological polar surface area (TPSA) is 103 Å². The van der Waals surface area contributed by atoms with E-state index < -0.39 is 18.2 Å². The number of aliphatic hydroxyl groups is 1. The highest BCUT2D eigenvalue weighted by atomic mass is 35.5. The van der Waals surface area contributed by atoms with Crippen molar-refractivity contribution in [2.24, 2.45) is 5.92 Å². The van der Waals surface area contributed by atoms with E-state index in [0.29, 0.717) is 23.7 Å². The van der Waals surface area contributed by atoms with E-state index in [2.05, 4.69) is 10.3 Å². The van der Waals surface area contributed by atoms with Gasteiger partial charge in [0.1, 0.15) is 12.1 Å². The van der Waals surface area contributed by atoms with E-state index in [1.54, 1.807) is 34.4 Å². The summed E-state index contributed by atoms with van der Waals surface area (Å²) in [7, 11) is 0. The summed E-state index contributed by atoms with van der Waals surface area (Å²) >= 11 is 7.69. The summed E-state index contributed by atoms with van der Waals surface area (Å²) in [5.74, 6) is -1.11. The Balaban J connectivity index is 1.28. The number of aromatic nitrogens is 1. The van der Waals surface area contributed by atoms with Gasteiger partial charge in [-0.3, -0.25) is 14.4 Å². The Morgan fingerprint density at radius 3 is 2.62 bits per heavy atom. The number of nitrogens with one attached hydrogen (secondary N) is 1. The van der Waals surface area contributed by atoms with Crippen LogP contribution in [0.2, 0.25) is 5.02 Å². The number of benzene rings is 2. The molecule has 204 valence electrons. The van der Waals surface area contributed by atoms with E-state index >= 15 is 0 Å². The van der Waals surface area contributed by atoms with Crippen molar-refractivity contribution < 1.29 is 19.5 Å². The lowest BCUT2D eigenvalue weighted by Gasteiger charge is -2.35. The van der Waals surface area contributed by atoms with Gasteiger partial charge in [0.25, 0.3) is 5.91 Å². The maximum absolute atomic E-state index is 13.9. The Morgan fingerprint density at radius 2 is 1.95 bits per heavy atom. The zero-order valence-corrected chi connectivity index (χ0v) is 23.6. The average molecular weight is 567 g/mol. The van der Waals surface area contributed by atoms with E-state index in [1.165, 1.54) is 4.90 Å². The first-order valence-corrected chi connectivity index (χ1v) is 14.2. The number of hydrogen-bond donors (Lipinski definition) is 2. The summed E-state index contributed by atoms with van der Waals surface area (Å²) in [6.07, 6.45) is -0.666. The molecule has 3 amide bonds. The first-order valence-electron chi connectivity index (χ1n) is 13.0. The summed E-state index contributed by atoms with van der Waals surface area (Å²) in [5, 5.41) is 13.8. The van der Waals surface area contributed by atoms with Gasteiger partial charge in [-0.1, -0.05) is 55.8 Å². The molecule has 0 radical (unpaired) electrons. The van der Waals surface area contributed by atoms with Crippen molar-refractivity contribution in [2.75, 3.05) is 6.54 Å². The average Bonchev–Trinajstić information content (AvgIpc) is 3.60. The SMILES string of the molecule is Cc1ncsc1-c1ccc(CNC(=O)[C@@H]2C[C@@H](O)CN2C(=O)C(C(C)C)N2Cc3ccc(Cl)cc3C2=O)cc1. The van der Waals surface area contributed by atoms with Crippen molar-refractivity contribution in [1.82, 2.24) is 20.1 Å². The Hall–Kier alpha value is -3.27. The van der Waals surface area contributed by atoms with Gasteiger partial charge in [0, 0.05) is 36.6 Å². The molecule has 0 bridgehead atoms. The largest absolute Gasteiger partial charge is 0.391 e. The Kier molecular flexibility index (Phi) is 7.75. The predicted octanol–water partition coefficient (Wildman–Crippen LogP) is 4.03. The first-order chi connectivity index (χ1) is 18.6. The summed E-state index contributed by atoms with van der Waals surface area (Å²) in [6.45, 7) is 6.37. The predicted molar refractivity (Wildman–Crippen MR) is 150 cm³/mol. The van der Waals surface area contributed by atoms with Gasteiger partial charge in [-0.25, -0.2) is 4.98 Å². The van der Waals surface area contributed by atoms with Crippen molar-refractivity contribution in [3.8, 4) is 10.4 Å². The summed E-state index contributed by atoms with van der Waals surface area (Å²) in [6, 6.07) is 11.5. The number of aliphatic hydroxyl groups excluding tert-OH is 1. The number of nitrogens with zero attached hydrogens (tertiary/aromatic N) is 3. The van der Waals surface area contributed by atoms with Gasteiger partial charge >= 0.3 is 0 Å². The third-order valence-electron chi connectivity index (χ3n) is 7.42. The van der Waals surface area contributed by atoms with Crippen LogP contribution in [0.25, 0.3) is 10.4 Å². The maximum atomic E-state index is 13.9. The van der Waals surface area contributed by atoms with Crippen LogP contribution in [0.4, 0.5) is 0 Å². The van der Waals surface area contributed by atoms with Gasteiger partial charge in [0.2, 0.25) is 11.8 Å². The van der Waals surface area contributed by atoms with Crippen LogP contribution in [0.3, 0.4) is 0 Å². The number of β-amino-alcohol motifs (C(OH)–C–C–N with tert-alkyl or cyclic N) is 1. The zero-order valence-electron chi connectivity index (χ0n) is 22.1. The van der Waals surface area contributed by atoms with Crippen LogP contribution >= 0.6 is 22.9 Å². The number of thiazole rings is 1. The molecular formula is C29H31ClN4O4S.